The minimum atomic E-state index is -0.214. The average molecular weight is 367 g/mol. The Bertz CT molecular complexity index is 765. The van der Waals surface area contributed by atoms with Crippen LogP contribution in [0.2, 0.25) is 0 Å². The summed E-state index contributed by atoms with van der Waals surface area (Å²) in [7, 11) is 1.66. The first-order valence-electron chi connectivity index (χ1n) is 9.52. The van der Waals surface area contributed by atoms with Crippen molar-refractivity contribution in [3.05, 3.63) is 65.2 Å². The average Bonchev–Trinajstić information content (AvgIpc) is 2.66. The van der Waals surface area contributed by atoms with Crippen LogP contribution < -0.4 is 4.74 Å². The maximum absolute atomic E-state index is 13.4. The molecule has 0 aliphatic carbocycles. The molecular weight excluding hydrogens is 338 g/mol. The van der Waals surface area contributed by atoms with E-state index in [9.17, 15) is 4.79 Å². The van der Waals surface area contributed by atoms with Crippen LogP contribution in [0.4, 0.5) is 0 Å². The lowest BCUT2D eigenvalue weighted by Crippen LogP contribution is -2.48. The van der Waals surface area contributed by atoms with E-state index in [1.54, 1.807) is 7.11 Å². The highest BCUT2D eigenvalue weighted by Gasteiger charge is 2.34. The van der Waals surface area contributed by atoms with Crippen molar-refractivity contribution in [3.63, 3.8) is 0 Å². The van der Waals surface area contributed by atoms with Gasteiger partial charge in [0, 0.05) is 24.8 Å². The molecule has 1 saturated heterocycles. The predicted octanol–water partition coefficient (Wildman–Crippen LogP) is 4.60. The second-order valence-electron chi connectivity index (χ2n) is 7.90. The smallest absolute Gasteiger partial charge is 0.254 e. The molecule has 0 saturated carbocycles. The van der Waals surface area contributed by atoms with Gasteiger partial charge in [-0.05, 0) is 63.4 Å². The summed E-state index contributed by atoms with van der Waals surface area (Å²) in [6.07, 6.45) is 1.69. The normalized spacial score (nSPS) is 18.7. The molecule has 1 unspecified atom stereocenters. The number of benzene rings is 2. The van der Waals surface area contributed by atoms with Gasteiger partial charge >= 0.3 is 0 Å². The fraction of sp³-hybridized carbons (Fsp3) is 0.435. The molecule has 2 aromatic carbocycles. The van der Waals surface area contributed by atoms with Crippen molar-refractivity contribution in [1.29, 1.82) is 0 Å². The van der Waals surface area contributed by atoms with Crippen molar-refractivity contribution in [2.45, 2.75) is 51.8 Å². The number of rotatable bonds is 5. The molecule has 4 nitrogen and oxygen atoms in total. The Morgan fingerprint density at radius 3 is 2.41 bits per heavy atom. The predicted molar refractivity (Wildman–Crippen MR) is 107 cm³/mol. The van der Waals surface area contributed by atoms with E-state index in [0.29, 0.717) is 13.2 Å². The van der Waals surface area contributed by atoms with Gasteiger partial charge in [-0.3, -0.25) is 4.79 Å². The van der Waals surface area contributed by atoms with E-state index >= 15 is 0 Å². The monoisotopic (exact) mass is 367 g/mol. The van der Waals surface area contributed by atoms with Crippen LogP contribution in [0.1, 0.15) is 48.2 Å². The molecule has 0 aromatic heterocycles. The largest absolute Gasteiger partial charge is 0.497 e. The number of hydrogen-bond donors (Lipinski definition) is 0. The molecule has 1 aliphatic rings. The van der Waals surface area contributed by atoms with Crippen molar-refractivity contribution in [1.82, 2.24) is 4.90 Å². The lowest BCUT2D eigenvalue weighted by molar-refractivity contribution is -0.0792. The maximum atomic E-state index is 13.4. The highest BCUT2D eigenvalue weighted by Crippen LogP contribution is 2.29. The first kappa shape index (κ1) is 19.4. The van der Waals surface area contributed by atoms with Gasteiger partial charge in [0.1, 0.15) is 5.75 Å². The van der Waals surface area contributed by atoms with Gasteiger partial charge in [-0.25, -0.2) is 0 Å². The third-order valence-electron chi connectivity index (χ3n) is 5.18. The molecule has 144 valence electrons. The highest BCUT2D eigenvalue weighted by atomic mass is 16.5. The third kappa shape index (κ3) is 4.89. The summed E-state index contributed by atoms with van der Waals surface area (Å²) in [6.45, 7) is 7.49. The van der Waals surface area contributed by atoms with E-state index in [2.05, 4.69) is 13.8 Å². The summed E-state index contributed by atoms with van der Waals surface area (Å²) in [5.74, 6) is 0.899. The minimum Gasteiger partial charge on any atom is -0.497 e. The molecule has 1 amide bonds. The van der Waals surface area contributed by atoms with Gasteiger partial charge in [-0.15, -0.1) is 0 Å². The first-order valence-corrected chi connectivity index (χ1v) is 9.52. The van der Waals surface area contributed by atoms with Gasteiger partial charge in [0.15, 0.2) is 0 Å². The second kappa shape index (κ2) is 8.13. The van der Waals surface area contributed by atoms with Crippen molar-refractivity contribution >= 4 is 5.91 Å². The number of nitrogens with zero attached hydrogens (tertiary/aromatic N) is 1. The molecule has 0 spiro atoms. The number of amides is 1. The lowest BCUT2D eigenvalue weighted by Gasteiger charge is -2.41. The molecule has 4 heteroatoms. The van der Waals surface area contributed by atoms with Crippen LogP contribution in [0, 0.1) is 6.92 Å². The molecule has 0 N–H and O–H groups in total. The topological polar surface area (TPSA) is 38.8 Å². The van der Waals surface area contributed by atoms with Gasteiger partial charge in [0.2, 0.25) is 0 Å². The molecule has 1 aliphatic heterocycles. The number of carbonyl (C=O) groups excluding carboxylic acids is 1. The van der Waals surface area contributed by atoms with Crippen molar-refractivity contribution < 1.29 is 14.3 Å². The second-order valence-corrected chi connectivity index (χ2v) is 7.90. The van der Waals surface area contributed by atoms with Gasteiger partial charge < -0.3 is 14.4 Å². The van der Waals surface area contributed by atoms with E-state index in [1.807, 2.05) is 60.4 Å². The Kier molecular flexibility index (Phi) is 5.85. The zero-order valence-electron chi connectivity index (χ0n) is 16.7. The van der Waals surface area contributed by atoms with Crippen LogP contribution in [0.3, 0.4) is 0 Å². The molecule has 1 heterocycles. The lowest BCUT2D eigenvalue weighted by atomic mass is 9.92. The van der Waals surface area contributed by atoms with Gasteiger partial charge in [0.25, 0.3) is 5.91 Å². The van der Waals surface area contributed by atoms with Crippen LogP contribution in [0.15, 0.2) is 48.5 Å². The van der Waals surface area contributed by atoms with Gasteiger partial charge in [0.05, 0.1) is 12.7 Å². The standard InChI is InChI=1S/C23H29NO3/c1-17-5-9-19(10-6-17)22(25)24(20-13-14-27-23(2,3)15-20)16-18-7-11-21(26-4)12-8-18/h5-12,20H,13-16H2,1-4H3. The molecule has 3 rings (SSSR count). The quantitative estimate of drug-likeness (QED) is 0.775. The van der Waals surface area contributed by atoms with Crippen LogP contribution in [-0.4, -0.2) is 36.2 Å². The summed E-state index contributed by atoms with van der Waals surface area (Å²) in [6, 6.07) is 15.9. The third-order valence-corrected chi connectivity index (χ3v) is 5.18. The number of ether oxygens (including phenoxy) is 2. The SMILES string of the molecule is COc1ccc(CN(C(=O)c2ccc(C)cc2)C2CCOC(C)(C)C2)cc1. The molecule has 0 bridgehead atoms. The number of hydrogen-bond acceptors (Lipinski definition) is 3. The summed E-state index contributed by atoms with van der Waals surface area (Å²) < 4.78 is 11.1. The molecule has 1 atom stereocenters. The van der Waals surface area contributed by atoms with E-state index in [1.165, 1.54) is 0 Å². The van der Waals surface area contributed by atoms with Crippen molar-refractivity contribution in [2.24, 2.45) is 0 Å². The number of aryl methyl sites for hydroxylation is 1. The first-order chi connectivity index (χ1) is 12.9. The Labute approximate surface area is 162 Å². The summed E-state index contributed by atoms with van der Waals surface area (Å²) in [4.78, 5) is 15.4. The summed E-state index contributed by atoms with van der Waals surface area (Å²) >= 11 is 0. The Balaban J connectivity index is 1.87. The van der Waals surface area contributed by atoms with Crippen LogP contribution in [-0.2, 0) is 11.3 Å². The van der Waals surface area contributed by atoms with Crippen molar-refractivity contribution in [3.8, 4) is 5.75 Å². The van der Waals surface area contributed by atoms with Crippen molar-refractivity contribution in [2.75, 3.05) is 13.7 Å². The fourth-order valence-corrected chi connectivity index (χ4v) is 3.62. The highest BCUT2D eigenvalue weighted by molar-refractivity contribution is 5.94. The Morgan fingerprint density at radius 2 is 1.81 bits per heavy atom. The zero-order chi connectivity index (χ0) is 19.4. The van der Waals surface area contributed by atoms with Gasteiger partial charge in [-0.2, -0.15) is 0 Å². The molecule has 2 aromatic rings. The van der Waals surface area contributed by atoms with Crippen LogP contribution in [0.25, 0.3) is 0 Å². The molecule has 1 fully saturated rings. The van der Waals surface area contributed by atoms with Crippen LogP contribution in [0.5, 0.6) is 5.75 Å². The molecule has 0 radical (unpaired) electrons. The zero-order valence-corrected chi connectivity index (χ0v) is 16.7. The fourth-order valence-electron chi connectivity index (χ4n) is 3.62. The van der Waals surface area contributed by atoms with Crippen LogP contribution >= 0.6 is 0 Å². The number of carbonyl (C=O) groups is 1. The number of methoxy groups -OCH3 is 1. The molecular formula is C23H29NO3. The summed E-state index contributed by atoms with van der Waals surface area (Å²) in [5.41, 5.74) is 2.77. The maximum Gasteiger partial charge on any atom is 0.254 e. The Hall–Kier alpha value is -2.33. The van der Waals surface area contributed by atoms with E-state index in [0.717, 1.165) is 35.3 Å². The Morgan fingerprint density at radius 1 is 1.15 bits per heavy atom. The summed E-state index contributed by atoms with van der Waals surface area (Å²) in [5, 5.41) is 0. The van der Waals surface area contributed by atoms with E-state index in [-0.39, 0.29) is 17.6 Å². The minimum absolute atomic E-state index is 0.0773. The van der Waals surface area contributed by atoms with E-state index < -0.39 is 0 Å². The van der Waals surface area contributed by atoms with Gasteiger partial charge in [-0.1, -0.05) is 29.8 Å². The molecule has 27 heavy (non-hydrogen) atoms. The van der Waals surface area contributed by atoms with E-state index in [4.69, 9.17) is 9.47 Å².